The van der Waals surface area contributed by atoms with Crippen molar-refractivity contribution in [2.75, 3.05) is 0 Å². The van der Waals surface area contributed by atoms with Gasteiger partial charge in [0.15, 0.2) is 0 Å². The van der Waals surface area contributed by atoms with Gasteiger partial charge in [-0.3, -0.25) is 4.79 Å². The van der Waals surface area contributed by atoms with Gasteiger partial charge < -0.3 is 0 Å². The molecule has 1 fully saturated rings. The molecule has 1 aliphatic rings. The molecule has 2 N–H and O–H groups in total. The van der Waals surface area contributed by atoms with E-state index in [9.17, 15) is 13.2 Å². The Morgan fingerprint density at radius 1 is 1.70 bits per heavy atom. The number of carbonyl (C=O) groups excluding carboxylic acids is 1. The highest BCUT2D eigenvalue weighted by Gasteiger charge is 2.39. The lowest BCUT2D eigenvalue weighted by Crippen LogP contribution is -2.37. The molecule has 1 saturated heterocycles. The summed E-state index contributed by atoms with van der Waals surface area (Å²) in [6.07, 6.45) is -0.00116. The Morgan fingerprint density at radius 3 is 2.30 bits per heavy atom. The van der Waals surface area contributed by atoms with Crippen molar-refractivity contribution in [3.8, 4) is 0 Å². The number of nitrogens with zero attached hydrogens (tertiary/aromatic N) is 1. The number of hydrazine groups is 1. The van der Waals surface area contributed by atoms with Crippen LogP contribution in [0.25, 0.3) is 0 Å². The highest BCUT2D eigenvalue weighted by Crippen LogP contribution is 2.18. The van der Waals surface area contributed by atoms with Gasteiger partial charge in [-0.15, -0.1) is 0 Å². The van der Waals surface area contributed by atoms with Crippen molar-refractivity contribution in [2.24, 2.45) is 5.84 Å². The largest absolute Gasteiger partial charge is 0.272 e. The van der Waals surface area contributed by atoms with Crippen molar-refractivity contribution in [3.63, 3.8) is 0 Å². The Balaban J connectivity index is 3.09. The standard InChI is InChI=1S/C4H8N2O3S/c1-3-2-4(7)6(5)10(3,8)9/h3H,2,5H2,1H3. The van der Waals surface area contributed by atoms with Gasteiger partial charge in [-0.25, -0.2) is 14.3 Å². The molecule has 0 bridgehead atoms. The minimum Gasteiger partial charge on any atom is -0.272 e. The second-order valence-corrected chi connectivity index (χ2v) is 4.48. The molecule has 0 aromatic heterocycles. The second-order valence-electron chi connectivity index (χ2n) is 2.25. The molecule has 1 heterocycles. The van der Waals surface area contributed by atoms with Gasteiger partial charge in [0.05, 0.1) is 5.25 Å². The van der Waals surface area contributed by atoms with Gasteiger partial charge in [0.1, 0.15) is 0 Å². The second kappa shape index (κ2) is 1.93. The smallest absolute Gasteiger partial charge is 0.253 e. The summed E-state index contributed by atoms with van der Waals surface area (Å²) in [6, 6.07) is 0. The zero-order valence-corrected chi connectivity index (χ0v) is 6.26. The van der Waals surface area contributed by atoms with E-state index in [1.807, 2.05) is 0 Å². The van der Waals surface area contributed by atoms with Gasteiger partial charge in [0, 0.05) is 6.42 Å². The van der Waals surface area contributed by atoms with E-state index >= 15 is 0 Å². The van der Waals surface area contributed by atoms with Crippen LogP contribution in [0.5, 0.6) is 0 Å². The van der Waals surface area contributed by atoms with Crippen molar-refractivity contribution in [3.05, 3.63) is 0 Å². The summed E-state index contributed by atoms with van der Waals surface area (Å²) in [5, 5.41) is -0.662. The first-order valence-corrected chi connectivity index (χ1v) is 4.28. The van der Waals surface area contributed by atoms with E-state index in [4.69, 9.17) is 5.84 Å². The first-order chi connectivity index (χ1) is 4.46. The Kier molecular flexibility index (Phi) is 1.44. The van der Waals surface area contributed by atoms with Crippen LogP contribution in [-0.2, 0) is 14.8 Å². The molecule has 0 aromatic carbocycles. The zero-order chi connectivity index (χ0) is 7.94. The quantitative estimate of drug-likeness (QED) is 0.360. The van der Waals surface area contributed by atoms with E-state index in [1.54, 1.807) is 0 Å². The van der Waals surface area contributed by atoms with Crippen LogP contribution in [0.1, 0.15) is 13.3 Å². The molecule has 10 heavy (non-hydrogen) atoms. The number of carbonyl (C=O) groups is 1. The number of amides is 1. The van der Waals surface area contributed by atoms with Crippen LogP contribution in [0.3, 0.4) is 0 Å². The molecular weight excluding hydrogens is 156 g/mol. The minimum absolute atomic E-state index is 0.00116. The predicted molar refractivity (Wildman–Crippen MR) is 34.0 cm³/mol. The average molecular weight is 164 g/mol. The number of hydrogen-bond acceptors (Lipinski definition) is 4. The third-order valence-corrected chi connectivity index (χ3v) is 3.43. The lowest BCUT2D eigenvalue weighted by molar-refractivity contribution is -0.125. The number of nitrogens with two attached hydrogens (primary N) is 1. The Bertz CT molecular complexity index is 258. The molecule has 1 unspecified atom stereocenters. The number of sulfonamides is 1. The van der Waals surface area contributed by atoms with Crippen molar-refractivity contribution < 1.29 is 13.2 Å². The van der Waals surface area contributed by atoms with Crippen molar-refractivity contribution in [2.45, 2.75) is 18.6 Å². The highest BCUT2D eigenvalue weighted by molar-refractivity contribution is 7.90. The minimum atomic E-state index is -3.49. The van der Waals surface area contributed by atoms with Gasteiger partial charge in [-0.1, -0.05) is 0 Å². The normalized spacial score (nSPS) is 31.2. The Hall–Kier alpha value is -0.620. The highest BCUT2D eigenvalue weighted by atomic mass is 32.2. The average Bonchev–Trinajstić information content (AvgIpc) is 1.97. The SMILES string of the molecule is CC1CC(=O)N(N)S1(=O)=O. The van der Waals surface area contributed by atoms with E-state index in [0.29, 0.717) is 4.41 Å². The molecule has 0 aromatic rings. The summed E-state index contributed by atoms with van der Waals surface area (Å²) in [5.41, 5.74) is 0. The molecule has 58 valence electrons. The lowest BCUT2D eigenvalue weighted by Gasteiger charge is -2.06. The fourth-order valence-electron chi connectivity index (χ4n) is 0.777. The van der Waals surface area contributed by atoms with Gasteiger partial charge in [0.25, 0.3) is 15.9 Å². The fraction of sp³-hybridized carbons (Fsp3) is 0.750. The molecule has 1 amide bonds. The van der Waals surface area contributed by atoms with E-state index in [0.717, 1.165) is 0 Å². The zero-order valence-electron chi connectivity index (χ0n) is 5.44. The molecule has 1 rings (SSSR count). The van der Waals surface area contributed by atoms with Crippen molar-refractivity contribution in [1.29, 1.82) is 0 Å². The molecule has 0 spiro atoms. The molecule has 0 radical (unpaired) electrons. The van der Waals surface area contributed by atoms with Crippen LogP contribution in [0, 0.1) is 0 Å². The molecule has 1 aliphatic heterocycles. The van der Waals surface area contributed by atoms with Gasteiger partial charge in [-0.05, 0) is 6.92 Å². The van der Waals surface area contributed by atoms with Crippen LogP contribution in [0.2, 0.25) is 0 Å². The topological polar surface area (TPSA) is 80.5 Å². The summed E-state index contributed by atoms with van der Waals surface area (Å²) >= 11 is 0. The van der Waals surface area contributed by atoms with Crippen LogP contribution < -0.4 is 5.84 Å². The summed E-state index contributed by atoms with van der Waals surface area (Å²) in [7, 11) is -3.49. The molecule has 0 saturated carbocycles. The maximum absolute atomic E-state index is 10.9. The first-order valence-electron chi connectivity index (χ1n) is 2.78. The molecular formula is C4H8N2O3S. The Morgan fingerprint density at radius 2 is 2.20 bits per heavy atom. The van der Waals surface area contributed by atoms with Crippen molar-refractivity contribution in [1.82, 2.24) is 4.41 Å². The van der Waals surface area contributed by atoms with Crippen molar-refractivity contribution >= 4 is 15.9 Å². The molecule has 1 atom stereocenters. The summed E-state index contributed by atoms with van der Waals surface area (Å²) in [6.45, 7) is 1.46. The van der Waals surface area contributed by atoms with Gasteiger partial charge >= 0.3 is 0 Å². The van der Waals surface area contributed by atoms with E-state index in [1.165, 1.54) is 6.92 Å². The predicted octanol–water partition coefficient (Wildman–Crippen LogP) is -1.19. The maximum Gasteiger partial charge on any atom is 0.253 e. The fourth-order valence-corrected chi connectivity index (χ4v) is 1.88. The maximum atomic E-state index is 10.9. The van der Waals surface area contributed by atoms with E-state index < -0.39 is 21.2 Å². The summed E-state index contributed by atoms with van der Waals surface area (Å²) < 4.78 is 22.1. The lowest BCUT2D eigenvalue weighted by atomic mass is 10.3. The molecule has 6 heteroatoms. The monoisotopic (exact) mass is 164 g/mol. The third kappa shape index (κ3) is 0.800. The van der Waals surface area contributed by atoms with Crippen LogP contribution in [0.15, 0.2) is 0 Å². The summed E-state index contributed by atoms with van der Waals surface area (Å²) in [4.78, 5) is 10.6. The van der Waals surface area contributed by atoms with E-state index in [2.05, 4.69) is 0 Å². The number of rotatable bonds is 0. The third-order valence-electron chi connectivity index (χ3n) is 1.49. The van der Waals surface area contributed by atoms with Gasteiger partial charge in [-0.2, -0.15) is 4.41 Å². The number of hydrogen-bond donors (Lipinski definition) is 1. The Labute approximate surface area is 58.8 Å². The molecule has 0 aliphatic carbocycles. The first kappa shape index (κ1) is 7.49. The summed E-state index contributed by atoms with van der Waals surface area (Å²) in [5.74, 6) is 4.41. The molecule has 5 nitrogen and oxygen atoms in total. The van der Waals surface area contributed by atoms with Crippen LogP contribution in [-0.4, -0.2) is 24.0 Å². The van der Waals surface area contributed by atoms with E-state index in [-0.39, 0.29) is 6.42 Å². The van der Waals surface area contributed by atoms with Crippen LogP contribution >= 0.6 is 0 Å². The van der Waals surface area contributed by atoms with Crippen LogP contribution in [0.4, 0.5) is 0 Å². The van der Waals surface area contributed by atoms with Gasteiger partial charge in [0.2, 0.25) is 0 Å².